The summed E-state index contributed by atoms with van der Waals surface area (Å²) in [5.74, 6) is 0.427. The summed E-state index contributed by atoms with van der Waals surface area (Å²) in [5.41, 5.74) is 2.64. The van der Waals surface area contributed by atoms with Gasteiger partial charge < -0.3 is 5.32 Å². The van der Waals surface area contributed by atoms with Crippen molar-refractivity contribution in [2.24, 2.45) is 5.92 Å². The average molecular weight is 217 g/mol. The van der Waals surface area contributed by atoms with E-state index < -0.39 is 0 Å². The average Bonchev–Trinajstić information content (AvgIpc) is 2.28. The molecule has 1 aliphatic rings. The largest absolute Gasteiger partial charge is 0.301 e. The van der Waals surface area contributed by atoms with Crippen molar-refractivity contribution in [2.75, 3.05) is 0 Å². The van der Waals surface area contributed by atoms with Crippen molar-refractivity contribution in [1.82, 2.24) is 5.32 Å². The molecule has 0 bridgehead atoms. The van der Waals surface area contributed by atoms with Crippen LogP contribution < -0.4 is 5.32 Å². The maximum atomic E-state index is 12.0. The van der Waals surface area contributed by atoms with E-state index in [-0.39, 0.29) is 18.0 Å². The number of hydrogen-bond donors (Lipinski definition) is 1. The van der Waals surface area contributed by atoms with Crippen molar-refractivity contribution in [3.8, 4) is 0 Å². The highest BCUT2D eigenvalue weighted by Gasteiger charge is 2.28. The lowest BCUT2D eigenvalue weighted by atomic mass is 9.87. The SMILES string of the molecule is CC(C)C(=O)C1Cc2ccccc2C(C)N1. The van der Waals surface area contributed by atoms with Crippen LogP contribution in [0.3, 0.4) is 0 Å². The van der Waals surface area contributed by atoms with Crippen LogP contribution in [-0.2, 0) is 11.2 Å². The molecular formula is C14H19NO. The minimum Gasteiger partial charge on any atom is -0.301 e. The highest BCUT2D eigenvalue weighted by molar-refractivity contribution is 5.86. The third kappa shape index (κ3) is 2.03. The Kier molecular flexibility index (Phi) is 3.10. The van der Waals surface area contributed by atoms with Crippen LogP contribution in [0.1, 0.15) is 37.9 Å². The molecule has 0 aliphatic carbocycles. The molecule has 2 atom stereocenters. The zero-order chi connectivity index (χ0) is 11.7. The number of nitrogens with one attached hydrogen (secondary N) is 1. The van der Waals surface area contributed by atoms with E-state index in [1.54, 1.807) is 0 Å². The lowest BCUT2D eigenvalue weighted by molar-refractivity contribution is -0.124. The lowest BCUT2D eigenvalue weighted by Gasteiger charge is -2.31. The van der Waals surface area contributed by atoms with Gasteiger partial charge >= 0.3 is 0 Å². The monoisotopic (exact) mass is 217 g/mol. The molecule has 16 heavy (non-hydrogen) atoms. The van der Waals surface area contributed by atoms with E-state index >= 15 is 0 Å². The van der Waals surface area contributed by atoms with Gasteiger partial charge in [-0.05, 0) is 24.5 Å². The van der Waals surface area contributed by atoms with Crippen molar-refractivity contribution in [3.05, 3.63) is 35.4 Å². The Labute approximate surface area is 97.1 Å². The molecule has 0 saturated carbocycles. The van der Waals surface area contributed by atoms with E-state index in [1.165, 1.54) is 11.1 Å². The van der Waals surface area contributed by atoms with Gasteiger partial charge in [0.15, 0.2) is 5.78 Å². The molecule has 1 aromatic carbocycles. The van der Waals surface area contributed by atoms with Gasteiger partial charge in [0, 0.05) is 12.0 Å². The Morgan fingerprint density at radius 1 is 1.38 bits per heavy atom. The maximum absolute atomic E-state index is 12.0. The van der Waals surface area contributed by atoms with Crippen molar-refractivity contribution in [2.45, 2.75) is 39.3 Å². The molecule has 2 rings (SSSR count). The van der Waals surface area contributed by atoms with Gasteiger partial charge in [-0.2, -0.15) is 0 Å². The van der Waals surface area contributed by atoms with Gasteiger partial charge in [-0.1, -0.05) is 38.1 Å². The smallest absolute Gasteiger partial charge is 0.152 e. The first kappa shape index (κ1) is 11.3. The van der Waals surface area contributed by atoms with Gasteiger partial charge in [-0.15, -0.1) is 0 Å². The minimum atomic E-state index is -0.00935. The van der Waals surface area contributed by atoms with Crippen LogP contribution in [0, 0.1) is 5.92 Å². The summed E-state index contributed by atoms with van der Waals surface area (Å²) in [7, 11) is 0. The third-order valence-electron chi connectivity index (χ3n) is 3.31. The molecule has 2 heteroatoms. The van der Waals surface area contributed by atoms with Crippen LogP contribution in [-0.4, -0.2) is 11.8 Å². The number of fused-ring (bicyclic) bond motifs is 1. The predicted octanol–water partition coefficient (Wildman–Crippen LogP) is 2.49. The first-order valence-corrected chi connectivity index (χ1v) is 5.97. The molecule has 0 radical (unpaired) electrons. The zero-order valence-corrected chi connectivity index (χ0v) is 10.2. The predicted molar refractivity (Wildman–Crippen MR) is 65.3 cm³/mol. The first-order valence-electron chi connectivity index (χ1n) is 5.97. The molecule has 86 valence electrons. The van der Waals surface area contributed by atoms with Crippen molar-refractivity contribution in [1.29, 1.82) is 0 Å². The maximum Gasteiger partial charge on any atom is 0.152 e. The number of ketones is 1. The van der Waals surface area contributed by atoms with E-state index in [1.807, 2.05) is 19.9 Å². The summed E-state index contributed by atoms with van der Waals surface area (Å²) < 4.78 is 0. The van der Waals surface area contributed by atoms with E-state index in [9.17, 15) is 4.79 Å². The van der Waals surface area contributed by atoms with Gasteiger partial charge in [0.2, 0.25) is 0 Å². The molecule has 0 saturated heterocycles. The van der Waals surface area contributed by atoms with E-state index in [0.29, 0.717) is 5.78 Å². The van der Waals surface area contributed by atoms with Crippen molar-refractivity contribution >= 4 is 5.78 Å². The molecule has 1 aromatic rings. The normalized spacial score (nSPS) is 24.2. The van der Waals surface area contributed by atoms with Crippen LogP contribution in [0.25, 0.3) is 0 Å². The molecule has 2 unspecified atom stereocenters. The highest BCUT2D eigenvalue weighted by Crippen LogP contribution is 2.25. The van der Waals surface area contributed by atoms with Crippen LogP contribution in [0.2, 0.25) is 0 Å². The van der Waals surface area contributed by atoms with Gasteiger partial charge in [0.25, 0.3) is 0 Å². The first-order chi connectivity index (χ1) is 7.59. The van der Waals surface area contributed by atoms with Crippen LogP contribution in [0.5, 0.6) is 0 Å². The summed E-state index contributed by atoms with van der Waals surface area (Å²) >= 11 is 0. The number of benzene rings is 1. The fourth-order valence-corrected chi connectivity index (χ4v) is 2.40. The van der Waals surface area contributed by atoms with Gasteiger partial charge in [-0.25, -0.2) is 0 Å². The number of carbonyl (C=O) groups is 1. The Morgan fingerprint density at radius 3 is 2.75 bits per heavy atom. The highest BCUT2D eigenvalue weighted by atomic mass is 16.1. The fraction of sp³-hybridized carbons (Fsp3) is 0.500. The Balaban J connectivity index is 2.24. The summed E-state index contributed by atoms with van der Waals surface area (Å²) in [6, 6.07) is 8.65. The van der Waals surface area contributed by atoms with Crippen molar-refractivity contribution < 1.29 is 4.79 Å². The zero-order valence-electron chi connectivity index (χ0n) is 10.2. The topological polar surface area (TPSA) is 29.1 Å². The van der Waals surface area contributed by atoms with Gasteiger partial charge in [0.05, 0.1) is 6.04 Å². The van der Waals surface area contributed by atoms with E-state index in [0.717, 1.165) is 6.42 Å². The number of carbonyl (C=O) groups excluding carboxylic acids is 1. The quantitative estimate of drug-likeness (QED) is 0.824. The summed E-state index contributed by atoms with van der Waals surface area (Å²) in [6.45, 7) is 6.06. The molecule has 1 aliphatic heterocycles. The molecule has 0 fully saturated rings. The summed E-state index contributed by atoms with van der Waals surface area (Å²) in [5, 5.41) is 3.40. The molecule has 0 amide bonds. The van der Waals surface area contributed by atoms with Gasteiger partial charge in [-0.3, -0.25) is 4.79 Å². The second kappa shape index (κ2) is 4.38. The standard InChI is InChI=1S/C14H19NO/c1-9(2)14(16)13-8-11-6-4-5-7-12(11)10(3)15-13/h4-7,9-10,13,15H,8H2,1-3H3. The Morgan fingerprint density at radius 2 is 2.06 bits per heavy atom. The molecule has 1 N–H and O–H groups in total. The van der Waals surface area contributed by atoms with Gasteiger partial charge in [0.1, 0.15) is 0 Å². The lowest BCUT2D eigenvalue weighted by Crippen LogP contribution is -2.45. The molecule has 0 spiro atoms. The van der Waals surface area contributed by atoms with Crippen LogP contribution in [0.15, 0.2) is 24.3 Å². The van der Waals surface area contributed by atoms with Crippen molar-refractivity contribution in [3.63, 3.8) is 0 Å². The number of rotatable bonds is 2. The Hall–Kier alpha value is -1.15. The molecule has 2 nitrogen and oxygen atoms in total. The van der Waals surface area contributed by atoms with Crippen LogP contribution in [0.4, 0.5) is 0 Å². The third-order valence-corrected chi connectivity index (χ3v) is 3.31. The molecular weight excluding hydrogens is 198 g/mol. The van der Waals surface area contributed by atoms with E-state index in [4.69, 9.17) is 0 Å². The second-order valence-corrected chi connectivity index (χ2v) is 4.90. The second-order valence-electron chi connectivity index (χ2n) is 4.90. The summed E-state index contributed by atoms with van der Waals surface area (Å²) in [6.07, 6.45) is 0.831. The van der Waals surface area contributed by atoms with E-state index in [2.05, 4.69) is 30.4 Å². The number of hydrogen-bond acceptors (Lipinski definition) is 2. The fourth-order valence-electron chi connectivity index (χ4n) is 2.40. The number of Topliss-reactive ketones (excluding diaryl/α,β-unsaturated/α-hetero) is 1. The molecule has 0 aromatic heterocycles. The summed E-state index contributed by atoms with van der Waals surface area (Å²) in [4.78, 5) is 12.0. The minimum absolute atomic E-state index is 0.00935. The Bertz CT molecular complexity index is 397. The van der Waals surface area contributed by atoms with Crippen LogP contribution >= 0.6 is 0 Å². The molecule has 1 heterocycles.